The van der Waals surface area contributed by atoms with Gasteiger partial charge in [-0.25, -0.2) is 13.8 Å². The molecule has 0 spiro atoms. The van der Waals surface area contributed by atoms with Crippen molar-refractivity contribution in [2.75, 3.05) is 7.11 Å². The zero-order chi connectivity index (χ0) is 18.4. The summed E-state index contributed by atoms with van der Waals surface area (Å²) in [5, 5.41) is 0.523. The zero-order valence-electron chi connectivity index (χ0n) is 14.5. The number of methoxy groups -OCH3 is 1. The highest BCUT2D eigenvalue weighted by Crippen LogP contribution is 2.38. The standard InChI is InChI=1S/C19H19ClF2N2O/c1-5-19(2,3)24-14-9-8-13(21)16(22)17(14)23-18(24)12-7-6-11(20)10-15(12)25-4/h6-10H,5H2,1-4H3. The predicted molar refractivity (Wildman–Crippen MR) is 96.3 cm³/mol. The van der Waals surface area contributed by atoms with Crippen LogP contribution in [-0.2, 0) is 5.54 Å². The second-order valence-electron chi connectivity index (χ2n) is 6.51. The molecular weight excluding hydrogens is 346 g/mol. The van der Waals surface area contributed by atoms with Gasteiger partial charge in [0, 0.05) is 10.6 Å². The minimum atomic E-state index is -0.947. The first-order valence-electron chi connectivity index (χ1n) is 8.01. The topological polar surface area (TPSA) is 27.1 Å². The first-order valence-corrected chi connectivity index (χ1v) is 8.38. The van der Waals surface area contributed by atoms with Gasteiger partial charge in [-0.05, 0) is 50.6 Å². The fourth-order valence-electron chi connectivity index (χ4n) is 2.89. The Bertz CT molecular complexity index is 950. The van der Waals surface area contributed by atoms with E-state index in [0.717, 1.165) is 12.5 Å². The number of hydrogen-bond donors (Lipinski definition) is 0. The fraction of sp³-hybridized carbons (Fsp3) is 0.316. The quantitative estimate of drug-likeness (QED) is 0.586. The van der Waals surface area contributed by atoms with Gasteiger partial charge < -0.3 is 9.30 Å². The highest BCUT2D eigenvalue weighted by Gasteiger charge is 2.28. The molecular formula is C19H19ClF2N2O. The number of benzene rings is 2. The van der Waals surface area contributed by atoms with Crippen molar-refractivity contribution in [2.24, 2.45) is 0 Å². The number of fused-ring (bicyclic) bond motifs is 1. The van der Waals surface area contributed by atoms with Crippen LogP contribution in [0.5, 0.6) is 5.75 Å². The summed E-state index contributed by atoms with van der Waals surface area (Å²) >= 11 is 6.05. The summed E-state index contributed by atoms with van der Waals surface area (Å²) in [6.07, 6.45) is 0.778. The van der Waals surface area contributed by atoms with Crippen LogP contribution >= 0.6 is 11.6 Å². The minimum absolute atomic E-state index is 0.00790. The van der Waals surface area contributed by atoms with E-state index in [1.165, 1.54) is 7.11 Å². The molecule has 2 aromatic carbocycles. The van der Waals surface area contributed by atoms with Crippen LogP contribution in [0.15, 0.2) is 30.3 Å². The average molecular weight is 365 g/mol. The highest BCUT2D eigenvalue weighted by atomic mass is 35.5. The van der Waals surface area contributed by atoms with E-state index < -0.39 is 11.6 Å². The summed E-state index contributed by atoms with van der Waals surface area (Å²) in [5.74, 6) is -0.824. The van der Waals surface area contributed by atoms with Crippen molar-refractivity contribution in [1.29, 1.82) is 0 Å². The maximum Gasteiger partial charge on any atom is 0.186 e. The van der Waals surface area contributed by atoms with Gasteiger partial charge in [-0.1, -0.05) is 18.5 Å². The van der Waals surface area contributed by atoms with Crippen LogP contribution in [0.4, 0.5) is 8.78 Å². The van der Waals surface area contributed by atoms with Crippen LogP contribution in [0.1, 0.15) is 27.2 Å². The molecule has 0 saturated carbocycles. The third kappa shape index (κ3) is 2.86. The molecule has 1 aromatic heterocycles. The van der Waals surface area contributed by atoms with Gasteiger partial charge in [0.1, 0.15) is 17.1 Å². The molecule has 0 amide bonds. The maximum atomic E-state index is 14.3. The van der Waals surface area contributed by atoms with E-state index in [2.05, 4.69) is 4.98 Å². The van der Waals surface area contributed by atoms with E-state index >= 15 is 0 Å². The van der Waals surface area contributed by atoms with Crippen LogP contribution in [0.25, 0.3) is 22.4 Å². The molecule has 0 N–H and O–H groups in total. The molecule has 0 unspecified atom stereocenters. The van der Waals surface area contributed by atoms with Crippen molar-refractivity contribution in [2.45, 2.75) is 32.7 Å². The Labute approximate surface area is 150 Å². The van der Waals surface area contributed by atoms with Gasteiger partial charge in [-0.2, -0.15) is 0 Å². The van der Waals surface area contributed by atoms with E-state index in [1.54, 1.807) is 24.3 Å². The second-order valence-corrected chi connectivity index (χ2v) is 6.95. The first-order chi connectivity index (χ1) is 11.8. The van der Waals surface area contributed by atoms with Crippen LogP contribution in [-0.4, -0.2) is 16.7 Å². The van der Waals surface area contributed by atoms with Gasteiger partial charge in [0.25, 0.3) is 0 Å². The Morgan fingerprint density at radius 1 is 1.20 bits per heavy atom. The maximum absolute atomic E-state index is 14.3. The van der Waals surface area contributed by atoms with Crippen molar-refractivity contribution in [3.8, 4) is 17.1 Å². The summed E-state index contributed by atoms with van der Waals surface area (Å²) in [7, 11) is 1.54. The number of nitrogens with zero attached hydrogens (tertiary/aromatic N) is 2. The molecule has 3 aromatic rings. The predicted octanol–water partition coefficient (Wildman–Crippen LogP) is 5.79. The zero-order valence-corrected chi connectivity index (χ0v) is 15.3. The van der Waals surface area contributed by atoms with Crippen LogP contribution in [0.3, 0.4) is 0 Å². The van der Waals surface area contributed by atoms with E-state index in [0.29, 0.717) is 27.7 Å². The van der Waals surface area contributed by atoms with Crippen molar-refractivity contribution >= 4 is 22.6 Å². The smallest absolute Gasteiger partial charge is 0.186 e. The molecule has 3 nitrogen and oxygen atoms in total. The lowest BCUT2D eigenvalue weighted by molar-refractivity contribution is 0.354. The Hall–Kier alpha value is -2.14. The van der Waals surface area contributed by atoms with Crippen molar-refractivity contribution in [3.63, 3.8) is 0 Å². The molecule has 0 aliphatic carbocycles. The molecule has 25 heavy (non-hydrogen) atoms. The molecule has 0 atom stereocenters. The lowest BCUT2D eigenvalue weighted by atomic mass is 10.00. The number of aromatic nitrogens is 2. The molecule has 0 aliphatic heterocycles. The molecule has 0 bridgehead atoms. The minimum Gasteiger partial charge on any atom is -0.496 e. The van der Waals surface area contributed by atoms with Crippen LogP contribution in [0, 0.1) is 11.6 Å². The molecule has 0 saturated heterocycles. The first kappa shape index (κ1) is 17.7. The van der Waals surface area contributed by atoms with Gasteiger partial charge in [0.15, 0.2) is 11.6 Å². The summed E-state index contributed by atoms with van der Waals surface area (Å²) < 4.78 is 35.4. The Balaban J connectivity index is 2.43. The lowest BCUT2D eigenvalue weighted by Gasteiger charge is -2.28. The number of halogens is 3. The molecule has 0 radical (unpaired) electrons. The van der Waals surface area contributed by atoms with Gasteiger partial charge in [0.2, 0.25) is 0 Å². The summed E-state index contributed by atoms with van der Waals surface area (Å²) in [6.45, 7) is 6.09. The summed E-state index contributed by atoms with van der Waals surface area (Å²) in [6, 6.07) is 7.86. The Kier molecular flexibility index (Phi) is 4.45. The number of hydrogen-bond acceptors (Lipinski definition) is 2. The summed E-state index contributed by atoms with van der Waals surface area (Å²) in [5.41, 5.74) is 0.856. The third-order valence-electron chi connectivity index (χ3n) is 4.59. The van der Waals surface area contributed by atoms with Gasteiger partial charge in [-0.3, -0.25) is 0 Å². The van der Waals surface area contributed by atoms with Gasteiger partial charge in [0.05, 0.1) is 18.2 Å². The number of rotatable bonds is 4. The van der Waals surface area contributed by atoms with E-state index in [4.69, 9.17) is 16.3 Å². The molecule has 3 rings (SSSR count). The van der Waals surface area contributed by atoms with Gasteiger partial charge in [-0.15, -0.1) is 0 Å². The Morgan fingerprint density at radius 3 is 2.56 bits per heavy atom. The molecule has 0 fully saturated rings. The van der Waals surface area contributed by atoms with Crippen molar-refractivity contribution < 1.29 is 13.5 Å². The normalized spacial score (nSPS) is 12.0. The molecule has 0 aliphatic rings. The van der Waals surface area contributed by atoms with E-state index in [-0.39, 0.29) is 11.1 Å². The number of ether oxygens (including phenoxy) is 1. The van der Waals surface area contributed by atoms with Crippen LogP contribution in [0.2, 0.25) is 5.02 Å². The summed E-state index contributed by atoms with van der Waals surface area (Å²) in [4.78, 5) is 4.42. The number of imidazole rings is 1. The SMILES string of the molecule is CCC(C)(C)n1c(-c2ccc(Cl)cc2OC)nc2c(F)c(F)ccc21. The second kappa shape index (κ2) is 6.30. The Morgan fingerprint density at radius 2 is 1.92 bits per heavy atom. The van der Waals surface area contributed by atoms with Crippen molar-refractivity contribution in [3.05, 3.63) is 47.0 Å². The van der Waals surface area contributed by atoms with E-state index in [9.17, 15) is 8.78 Å². The fourth-order valence-corrected chi connectivity index (χ4v) is 3.05. The third-order valence-corrected chi connectivity index (χ3v) is 4.83. The van der Waals surface area contributed by atoms with Crippen molar-refractivity contribution in [1.82, 2.24) is 9.55 Å². The van der Waals surface area contributed by atoms with Crippen LogP contribution < -0.4 is 4.74 Å². The molecule has 132 valence electrons. The highest BCUT2D eigenvalue weighted by molar-refractivity contribution is 6.30. The van der Waals surface area contributed by atoms with E-state index in [1.807, 2.05) is 25.3 Å². The lowest BCUT2D eigenvalue weighted by Crippen LogP contribution is -2.26. The average Bonchev–Trinajstić information content (AvgIpc) is 2.98. The molecule has 1 heterocycles. The molecule has 6 heteroatoms. The largest absolute Gasteiger partial charge is 0.496 e. The monoisotopic (exact) mass is 364 g/mol. The van der Waals surface area contributed by atoms with Gasteiger partial charge >= 0.3 is 0 Å².